The highest BCUT2D eigenvalue weighted by Crippen LogP contribution is 2.47. The van der Waals surface area contributed by atoms with Crippen molar-refractivity contribution in [2.24, 2.45) is 16.1 Å². The van der Waals surface area contributed by atoms with Crippen molar-refractivity contribution in [1.29, 1.82) is 0 Å². The molecule has 0 radical (unpaired) electrons. The number of sulfonamides is 1. The zero-order valence-electron chi connectivity index (χ0n) is 20.5. The summed E-state index contributed by atoms with van der Waals surface area (Å²) in [5.74, 6) is -0.699. The van der Waals surface area contributed by atoms with Crippen LogP contribution in [-0.2, 0) is 10.0 Å². The monoisotopic (exact) mass is 584 g/mol. The largest absolute Gasteiger partial charge is 0.404 e. The van der Waals surface area contributed by atoms with E-state index in [0.29, 0.717) is 17.0 Å². The summed E-state index contributed by atoms with van der Waals surface area (Å²) in [6.07, 6.45) is 5.06. The third-order valence-corrected chi connectivity index (χ3v) is 9.54. The highest BCUT2D eigenvalue weighted by Gasteiger charge is 2.51. The van der Waals surface area contributed by atoms with Crippen LogP contribution >= 0.6 is 23.2 Å². The molecule has 1 aliphatic carbocycles. The van der Waals surface area contributed by atoms with Crippen molar-refractivity contribution in [1.82, 2.24) is 9.29 Å². The van der Waals surface area contributed by atoms with Crippen molar-refractivity contribution in [2.75, 3.05) is 13.1 Å². The maximum Gasteiger partial charge on any atom is 0.243 e. The van der Waals surface area contributed by atoms with E-state index in [4.69, 9.17) is 28.9 Å². The number of benzene rings is 2. The van der Waals surface area contributed by atoms with Crippen LogP contribution in [-0.4, -0.2) is 42.3 Å². The molecule has 0 saturated carbocycles. The fourth-order valence-corrected chi connectivity index (χ4v) is 6.84. The Morgan fingerprint density at radius 2 is 1.87 bits per heavy atom. The van der Waals surface area contributed by atoms with Crippen LogP contribution in [0.3, 0.4) is 0 Å². The highest BCUT2D eigenvalue weighted by atomic mass is 35.5. The first-order valence-corrected chi connectivity index (χ1v) is 14.2. The van der Waals surface area contributed by atoms with E-state index in [-0.39, 0.29) is 58.2 Å². The summed E-state index contributed by atoms with van der Waals surface area (Å²) >= 11 is 12.1. The number of ketones is 1. The number of nitrogens with zero attached hydrogens (tertiary/aromatic N) is 3. The second kappa shape index (κ2) is 10.7. The maximum absolute atomic E-state index is 14.1. The molecule has 1 fully saturated rings. The third-order valence-electron chi connectivity index (χ3n) is 6.96. The van der Waals surface area contributed by atoms with Gasteiger partial charge in [-0.3, -0.25) is 9.78 Å². The molecule has 200 valence electrons. The SMILES string of the molecule is N/C=C1/C[C@]2(C(=O)c3ccccn3)CN(S(=O)(=O)c3ccc(Cl)c(Cl)c3)CCC2=CC1=Nc1ccc(F)cc1. The standard InChI is InChI=1S/C28H23Cl2FN4O3S/c29-23-9-8-22(14-24(23)30)39(37,38)35-12-10-19-13-26(34-21-6-4-20(31)5-7-21)18(16-32)15-28(19,17-35)27(36)25-3-1-2-11-33-25/h1-9,11,13-14,16H,10,12,15,17,32H2/b18-16-,34-26?/t28-/m0/s1. The number of hydrogen-bond acceptors (Lipinski definition) is 6. The second-order valence-corrected chi connectivity index (χ2v) is 12.1. The lowest BCUT2D eigenvalue weighted by Gasteiger charge is -2.45. The molecule has 2 heterocycles. The summed E-state index contributed by atoms with van der Waals surface area (Å²) < 4.78 is 42.1. The number of piperidine rings is 1. The molecule has 11 heteroatoms. The van der Waals surface area contributed by atoms with E-state index in [1.165, 1.54) is 47.0 Å². The van der Waals surface area contributed by atoms with Crippen molar-refractivity contribution in [2.45, 2.75) is 17.7 Å². The molecule has 1 atom stereocenters. The molecular formula is C28H23Cl2FN4O3S. The van der Waals surface area contributed by atoms with Crippen molar-refractivity contribution in [3.8, 4) is 0 Å². The number of halogens is 3. The number of Topliss-reactive ketones (excluding diaryl/α,β-unsaturated/α-hetero) is 1. The number of carbonyl (C=O) groups excluding carboxylic acids is 1. The van der Waals surface area contributed by atoms with Crippen LogP contribution < -0.4 is 5.73 Å². The lowest BCUT2D eigenvalue weighted by Crippen LogP contribution is -2.53. The number of aliphatic imine (C=N–C) groups is 1. The van der Waals surface area contributed by atoms with E-state index >= 15 is 0 Å². The first-order valence-electron chi connectivity index (χ1n) is 12.0. The lowest BCUT2D eigenvalue weighted by molar-refractivity contribution is 0.0770. The second-order valence-electron chi connectivity index (χ2n) is 9.30. The molecule has 2 N–H and O–H groups in total. The normalized spacial score (nSPS) is 22.0. The predicted octanol–water partition coefficient (Wildman–Crippen LogP) is 5.74. The van der Waals surface area contributed by atoms with Gasteiger partial charge in [0.15, 0.2) is 5.78 Å². The van der Waals surface area contributed by atoms with E-state index < -0.39 is 15.4 Å². The molecule has 0 spiro atoms. The Kier molecular flexibility index (Phi) is 7.43. The Bertz CT molecular complexity index is 1640. The number of aromatic nitrogens is 1. The molecule has 0 amide bonds. The zero-order chi connectivity index (χ0) is 27.8. The number of carbonyl (C=O) groups is 1. The van der Waals surface area contributed by atoms with E-state index in [9.17, 15) is 17.6 Å². The molecule has 0 unspecified atom stereocenters. The lowest BCUT2D eigenvalue weighted by atomic mass is 9.64. The van der Waals surface area contributed by atoms with Gasteiger partial charge in [0.1, 0.15) is 11.5 Å². The third kappa shape index (κ3) is 5.15. The van der Waals surface area contributed by atoms with Crippen molar-refractivity contribution < 1.29 is 17.6 Å². The van der Waals surface area contributed by atoms with Gasteiger partial charge >= 0.3 is 0 Å². The van der Waals surface area contributed by atoms with Crippen LogP contribution in [0.5, 0.6) is 0 Å². The van der Waals surface area contributed by atoms with Gasteiger partial charge in [0.05, 0.1) is 31.8 Å². The highest BCUT2D eigenvalue weighted by molar-refractivity contribution is 7.89. The molecule has 1 aliphatic heterocycles. The maximum atomic E-state index is 14.1. The van der Waals surface area contributed by atoms with Gasteiger partial charge in [-0.1, -0.05) is 34.8 Å². The minimum atomic E-state index is -4.02. The van der Waals surface area contributed by atoms with Gasteiger partial charge in [0.25, 0.3) is 0 Å². The smallest absolute Gasteiger partial charge is 0.243 e. The Morgan fingerprint density at radius 1 is 1.10 bits per heavy atom. The van der Waals surface area contributed by atoms with E-state index in [2.05, 4.69) is 9.98 Å². The number of nitrogens with two attached hydrogens (primary N) is 1. The summed E-state index contributed by atoms with van der Waals surface area (Å²) in [4.78, 5) is 23.0. The van der Waals surface area contributed by atoms with Crippen LogP contribution in [0.4, 0.5) is 10.1 Å². The molecule has 2 aromatic carbocycles. The summed E-state index contributed by atoms with van der Waals surface area (Å²) in [5, 5.41) is 0.349. The Labute approximate surface area is 235 Å². The van der Waals surface area contributed by atoms with Crippen molar-refractivity contribution >= 4 is 50.4 Å². The topological polar surface area (TPSA) is 106 Å². The summed E-state index contributed by atoms with van der Waals surface area (Å²) in [7, 11) is -4.02. The number of fused-ring (bicyclic) bond motifs is 1. The minimum Gasteiger partial charge on any atom is -0.404 e. The average Bonchev–Trinajstić information content (AvgIpc) is 2.95. The number of allylic oxidation sites excluding steroid dienone is 2. The fraction of sp³-hybridized carbons (Fsp3) is 0.179. The molecule has 1 saturated heterocycles. The van der Waals surface area contributed by atoms with Crippen LogP contribution in [0.2, 0.25) is 10.0 Å². The predicted molar refractivity (Wildman–Crippen MR) is 149 cm³/mol. The van der Waals surface area contributed by atoms with Crippen LogP contribution in [0.1, 0.15) is 23.3 Å². The van der Waals surface area contributed by atoms with Gasteiger partial charge in [-0.25, -0.2) is 17.8 Å². The molecule has 0 bridgehead atoms. The molecule has 1 aromatic heterocycles. The molecule has 5 rings (SSSR count). The van der Waals surface area contributed by atoms with Crippen molar-refractivity contribution in [3.05, 3.63) is 112 Å². The van der Waals surface area contributed by atoms with E-state index in [1.807, 2.05) is 0 Å². The van der Waals surface area contributed by atoms with Gasteiger partial charge in [0.2, 0.25) is 10.0 Å². The molecular weight excluding hydrogens is 562 g/mol. The van der Waals surface area contributed by atoms with Gasteiger partial charge < -0.3 is 5.73 Å². The van der Waals surface area contributed by atoms with E-state index in [0.717, 1.165) is 5.57 Å². The minimum absolute atomic E-state index is 0.0197. The van der Waals surface area contributed by atoms with E-state index in [1.54, 1.807) is 36.4 Å². The fourth-order valence-electron chi connectivity index (χ4n) is 4.95. The number of rotatable bonds is 5. The Balaban J connectivity index is 1.61. The molecule has 7 nitrogen and oxygen atoms in total. The molecule has 3 aromatic rings. The summed E-state index contributed by atoms with van der Waals surface area (Å²) in [5.41, 5.74) is 7.30. The number of pyridine rings is 1. The van der Waals surface area contributed by atoms with Crippen LogP contribution in [0.25, 0.3) is 0 Å². The first kappa shape index (κ1) is 27.2. The molecule has 39 heavy (non-hydrogen) atoms. The first-order chi connectivity index (χ1) is 18.6. The quantitative estimate of drug-likeness (QED) is 0.385. The summed E-state index contributed by atoms with van der Waals surface area (Å²) in [6, 6.07) is 14.8. The zero-order valence-corrected chi connectivity index (χ0v) is 22.8. The van der Waals surface area contributed by atoms with Gasteiger partial charge in [-0.2, -0.15) is 4.31 Å². The van der Waals surface area contributed by atoms with Crippen molar-refractivity contribution in [3.63, 3.8) is 0 Å². The molecule has 2 aliphatic rings. The Hall–Kier alpha value is -3.37. The van der Waals surface area contributed by atoms with Crippen LogP contribution in [0, 0.1) is 11.2 Å². The van der Waals surface area contributed by atoms with Crippen LogP contribution in [0.15, 0.2) is 100 Å². The van der Waals surface area contributed by atoms with Gasteiger partial charge in [0, 0.05) is 19.3 Å². The summed E-state index contributed by atoms with van der Waals surface area (Å²) in [6.45, 7) is 0.00908. The average molecular weight is 585 g/mol. The van der Waals surface area contributed by atoms with Gasteiger partial charge in [-0.05, 0) is 85.3 Å². The Morgan fingerprint density at radius 3 is 2.54 bits per heavy atom. The van der Waals surface area contributed by atoms with Gasteiger partial charge in [-0.15, -0.1) is 0 Å². The number of hydrogen-bond donors (Lipinski definition) is 1.